The number of carboxylic acid groups (broad SMARTS) is 1. The molecule has 5 saturated carbocycles. The molecule has 0 aliphatic heterocycles. The summed E-state index contributed by atoms with van der Waals surface area (Å²) in [6, 6.07) is 0. The molecule has 0 heterocycles. The number of ketones is 1. The minimum absolute atomic E-state index is 0.154. The van der Waals surface area contributed by atoms with Crippen LogP contribution in [0.4, 0.5) is 0 Å². The molecule has 9 atom stereocenters. The molecule has 34 heavy (non-hydrogen) atoms. The lowest BCUT2D eigenvalue weighted by atomic mass is 9.42. The number of carboxylic acids is 1. The molecular weight excluding hydrogens is 424 g/mol. The molecule has 5 fully saturated rings. The second kappa shape index (κ2) is 7.43. The van der Waals surface area contributed by atoms with Crippen molar-refractivity contribution in [2.45, 2.75) is 112 Å². The highest BCUT2D eigenvalue weighted by molar-refractivity contribution is 5.86. The van der Waals surface area contributed by atoms with E-state index in [1.54, 1.807) is 6.92 Å². The largest absolute Gasteiger partial charge is 0.478 e. The van der Waals surface area contributed by atoms with Crippen molar-refractivity contribution in [2.24, 2.45) is 50.7 Å². The van der Waals surface area contributed by atoms with E-state index in [0.29, 0.717) is 46.2 Å². The predicted octanol–water partition coefficient (Wildman–Crippen LogP) is 6.41. The lowest BCUT2D eigenvalue weighted by Gasteiger charge is -2.62. The van der Waals surface area contributed by atoms with Gasteiger partial charge in [-0.15, -0.1) is 0 Å². The Morgan fingerprint density at radius 2 is 1.65 bits per heavy atom. The Hall–Kier alpha value is -1.16. The Morgan fingerprint density at radius 1 is 1.00 bits per heavy atom. The number of Topliss-reactive ketones (excluding diaryl/α,β-unsaturated/α-hetero) is 1. The summed E-state index contributed by atoms with van der Waals surface area (Å²) in [6.07, 6.45) is 12.3. The molecule has 0 aromatic rings. The molecule has 190 valence electrons. The zero-order valence-electron chi connectivity index (χ0n) is 22.2. The summed E-state index contributed by atoms with van der Waals surface area (Å²) >= 11 is 0. The number of hydrogen-bond donors (Lipinski definition) is 2. The van der Waals surface area contributed by atoms with Gasteiger partial charge in [-0.2, -0.15) is 0 Å². The van der Waals surface area contributed by atoms with E-state index in [1.807, 2.05) is 0 Å². The van der Waals surface area contributed by atoms with E-state index in [9.17, 15) is 19.8 Å². The third kappa shape index (κ3) is 2.93. The average Bonchev–Trinajstić information content (AvgIpc) is 3.33. The number of aliphatic carboxylic acids is 1. The summed E-state index contributed by atoms with van der Waals surface area (Å²) in [4.78, 5) is 24.0. The van der Waals surface area contributed by atoms with Crippen LogP contribution in [0.1, 0.15) is 106 Å². The van der Waals surface area contributed by atoms with Crippen LogP contribution in [-0.2, 0) is 9.59 Å². The Balaban J connectivity index is 1.38. The van der Waals surface area contributed by atoms with Crippen molar-refractivity contribution in [3.8, 4) is 0 Å². The van der Waals surface area contributed by atoms with Crippen LogP contribution in [0.2, 0.25) is 0 Å². The average molecular weight is 471 g/mol. The minimum Gasteiger partial charge on any atom is -0.478 e. The van der Waals surface area contributed by atoms with Crippen molar-refractivity contribution in [1.29, 1.82) is 0 Å². The van der Waals surface area contributed by atoms with Crippen LogP contribution in [0, 0.1) is 50.7 Å². The molecule has 4 heteroatoms. The predicted molar refractivity (Wildman–Crippen MR) is 133 cm³/mol. The van der Waals surface area contributed by atoms with Gasteiger partial charge in [-0.05, 0) is 116 Å². The first-order valence-electron chi connectivity index (χ1n) is 13.9. The van der Waals surface area contributed by atoms with Gasteiger partial charge in [0.2, 0.25) is 0 Å². The smallest absolute Gasteiger partial charge is 0.331 e. The minimum atomic E-state index is -0.953. The maximum atomic E-state index is 12.8. The lowest BCUT2D eigenvalue weighted by Crippen LogP contribution is -2.57. The fourth-order valence-electron chi connectivity index (χ4n) is 11.1. The molecule has 2 spiro atoms. The molecule has 2 N–H and O–H groups in total. The lowest BCUT2D eigenvalue weighted by molar-refractivity contribution is -0.157. The van der Waals surface area contributed by atoms with Crippen LogP contribution >= 0.6 is 0 Å². The van der Waals surface area contributed by atoms with Crippen molar-refractivity contribution in [2.75, 3.05) is 0 Å². The molecule has 0 bridgehead atoms. The number of rotatable bonds is 5. The molecule has 5 aliphatic carbocycles. The Bertz CT molecular complexity index is 934. The summed E-state index contributed by atoms with van der Waals surface area (Å²) in [5.74, 6) is 1.81. The molecule has 0 saturated heterocycles. The highest BCUT2D eigenvalue weighted by Gasteiger charge is 2.82. The summed E-state index contributed by atoms with van der Waals surface area (Å²) in [5, 5.41) is 19.8. The Labute approximate surface area is 206 Å². The summed E-state index contributed by atoms with van der Waals surface area (Å²) < 4.78 is 0. The fraction of sp³-hybridized carbons (Fsp3) is 0.867. The first-order chi connectivity index (χ1) is 15.8. The van der Waals surface area contributed by atoms with Crippen LogP contribution < -0.4 is 0 Å². The molecule has 9 unspecified atom stereocenters. The van der Waals surface area contributed by atoms with Gasteiger partial charge in [0.1, 0.15) is 5.78 Å². The molecule has 0 amide bonds. The van der Waals surface area contributed by atoms with E-state index in [2.05, 4.69) is 34.6 Å². The number of aliphatic hydroxyl groups excluding tert-OH is 1. The van der Waals surface area contributed by atoms with E-state index in [4.69, 9.17) is 0 Å². The first kappa shape index (κ1) is 24.5. The first-order valence-corrected chi connectivity index (χ1v) is 13.9. The van der Waals surface area contributed by atoms with Crippen molar-refractivity contribution in [3.05, 3.63) is 11.6 Å². The van der Waals surface area contributed by atoms with Gasteiger partial charge in [0, 0.05) is 17.4 Å². The van der Waals surface area contributed by atoms with Gasteiger partial charge in [0.05, 0.1) is 6.10 Å². The number of aliphatic hydroxyl groups is 1. The summed E-state index contributed by atoms with van der Waals surface area (Å²) in [5.41, 5.74) is 1.54. The van der Waals surface area contributed by atoms with Gasteiger partial charge in [0.25, 0.3) is 0 Å². The summed E-state index contributed by atoms with van der Waals surface area (Å²) in [7, 11) is 0. The molecule has 0 aromatic heterocycles. The molecule has 5 aliphatic rings. The van der Waals surface area contributed by atoms with Gasteiger partial charge in [-0.25, -0.2) is 4.79 Å². The highest BCUT2D eigenvalue weighted by Crippen LogP contribution is 2.88. The van der Waals surface area contributed by atoms with Gasteiger partial charge < -0.3 is 10.2 Å². The van der Waals surface area contributed by atoms with Gasteiger partial charge in [0.15, 0.2) is 0 Å². The number of fused-ring (bicyclic) bond motifs is 2. The molecule has 5 rings (SSSR count). The SMILES string of the molecule is C/C(=C\C(O)CC(C)C1CCC2(C)C3CCC4C(C)(C)C(=O)CCC45CC35CCC12C)C(=O)O. The van der Waals surface area contributed by atoms with Crippen LogP contribution in [0.5, 0.6) is 0 Å². The number of carbonyl (C=O) groups is 2. The standard InChI is InChI=1S/C30H46O4/c1-18(15-20(31)16-19(2)25(33)34)21-9-11-28(6)23-8-7-22-26(3,4)24(32)10-12-29(22)17-30(23,29)14-13-27(21,28)5/h16,18,20-23,31H,7-15,17H2,1-6H3,(H,33,34)/b19-16+. The van der Waals surface area contributed by atoms with E-state index in [1.165, 1.54) is 51.0 Å². The molecular formula is C30H46O4. The van der Waals surface area contributed by atoms with Gasteiger partial charge >= 0.3 is 5.97 Å². The summed E-state index contributed by atoms with van der Waals surface area (Å²) in [6.45, 7) is 13.5. The number of carbonyl (C=O) groups excluding carboxylic acids is 1. The Morgan fingerprint density at radius 3 is 2.32 bits per heavy atom. The van der Waals surface area contributed by atoms with Gasteiger partial charge in [-0.3, -0.25) is 4.79 Å². The van der Waals surface area contributed by atoms with E-state index in [0.717, 1.165) is 18.8 Å². The molecule has 0 aromatic carbocycles. The van der Waals surface area contributed by atoms with Crippen LogP contribution in [0.25, 0.3) is 0 Å². The van der Waals surface area contributed by atoms with Crippen molar-refractivity contribution in [3.63, 3.8) is 0 Å². The Kier molecular flexibility index (Phi) is 5.36. The fourth-order valence-corrected chi connectivity index (χ4v) is 11.1. The maximum absolute atomic E-state index is 12.8. The van der Waals surface area contributed by atoms with E-state index >= 15 is 0 Å². The van der Waals surface area contributed by atoms with Gasteiger partial charge in [-0.1, -0.05) is 34.6 Å². The molecule has 0 radical (unpaired) electrons. The third-order valence-electron chi connectivity index (χ3n) is 13.0. The van der Waals surface area contributed by atoms with Crippen molar-refractivity contribution >= 4 is 11.8 Å². The zero-order valence-corrected chi connectivity index (χ0v) is 22.2. The second-order valence-corrected chi connectivity index (χ2v) is 14.2. The van der Waals surface area contributed by atoms with Crippen molar-refractivity contribution in [1.82, 2.24) is 0 Å². The third-order valence-corrected chi connectivity index (χ3v) is 13.0. The second-order valence-electron chi connectivity index (χ2n) is 14.2. The zero-order chi connectivity index (χ0) is 24.9. The normalized spacial score (nSPS) is 48.7. The van der Waals surface area contributed by atoms with Crippen LogP contribution in [0.15, 0.2) is 11.6 Å². The van der Waals surface area contributed by atoms with Crippen LogP contribution in [-0.4, -0.2) is 28.1 Å². The molecule has 4 nitrogen and oxygen atoms in total. The maximum Gasteiger partial charge on any atom is 0.331 e. The highest BCUT2D eigenvalue weighted by atomic mass is 16.4. The van der Waals surface area contributed by atoms with Crippen LogP contribution in [0.3, 0.4) is 0 Å². The number of hydrogen-bond acceptors (Lipinski definition) is 3. The topological polar surface area (TPSA) is 74.6 Å². The van der Waals surface area contributed by atoms with E-state index in [-0.39, 0.29) is 16.4 Å². The van der Waals surface area contributed by atoms with E-state index < -0.39 is 12.1 Å². The monoisotopic (exact) mass is 470 g/mol. The quantitative estimate of drug-likeness (QED) is 0.455. The van der Waals surface area contributed by atoms with Crippen molar-refractivity contribution < 1.29 is 19.8 Å².